The van der Waals surface area contributed by atoms with Crippen molar-refractivity contribution in [2.45, 2.75) is 32.6 Å². The van der Waals surface area contributed by atoms with Gasteiger partial charge in [0.05, 0.1) is 0 Å². The minimum atomic E-state index is 0.0858. The second kappa shape index (κ2) is 4.24. The molecule has 0 spiro atoms. The van der Waals surface area contributed by atoms with E-state index in [1.807, 2.05) is 6.92 Å². The molecule has 1 fully saturated rings. The number of rotatable bonds is 2. The average Bonchev–Trinajstić information content (AvgIpc) is 2.06. The molecule has 1 aliphatic carbocycles. The van der Waals surface area contributed by atoms with Gasteiger partial charge < -0.3 is 5.32 Å². The van der Waals surface area contributed by atoms with Gasteiger partial charge in [-0.25, -0.2) is 0 Å². The Labute approximate surface area is 72.5 Å². The molecule has 0 aromatic carbocycles. The molecule has 0 heterocycles. The van der Waals surface area contributed by atoms with Crippen LogP contribution in [0, 0.1) is 5.92 Å². The molecule has 0 aliphatic heterocycles. The van der Waals surface area contributed by atoms with E-state index < -0.39 is 0 Å². The fourth-order valence-electron chi connectivity index (χ4n) is 1.52. The highest BCUT2D eigenvalue weighted by atomic mass is 16.2. The normalized spacial score (nSPS) is 19.2. The van der Waals surface area contributed by atoms with Gasteiger partial charge in [-0.05, 0) is 19.8 Å². The van der Waals surface area contributed by atoms with E-state index in [2.05, 4.69) is 5.32 Å². The zero-order valence-electron chi connectivity index (χ0n) is 7.43. The van der Waals surface area contributed by atoms with E-state index in [4.69, 9.17) is 0 Å². The summed E-state index contributed by atoms with van der Waals surface area (Å²) in [5.74, 6) is 0.503. The Balaban J connectivity index is 2.33. The summed E-state index contributed by atoms with van der Waals surface area (Å²) in [4.78, 5) is 22.1. The van der Waals surface area contributed by atoms with Crippen molar-refractivity contribution < 1.29 is 9.59 Å². The summed E-state index contributed by atoms with van der Waals surface area (Å²) in [5.41, 5.74) is 0. The molecule has 0 unspecified atom stereocenters. The third-order valence-corrected chi connectivity index (χ3v) is 2.27. The molecule has 0 atom stereocenters. The van der Waals surface area contributed by atoms with Gasteiger partial charge in [0.2, 0.25) is 5.91 Å². The number of amides is 1. The molecule has 68 valence electrons. The number of carbonyl (C=O) groups excluding carboxylic acids is 2. The first kappa shape index (κ1) is 9.23. The van der Waals surface area contributed by atoms with Gasteiger partial charge in [-0.2, -0.15) is 0 Å². The number of carbonyl (C=O) groups is 2. The smallest absolute Gasteiger partial charge is 0.223 e. The first-order chi connectivity index (χ1) is 5.74. The van der Waals surface area contributed by atoms with Crippen molar-refractivity contribution in [2.75, 3.05) is 6.54 Å². The minimum absolute atomic E-state index is 0.0858. The average molecular weight is 169 g/mol. The summed E-state index contributed by atoms with van der Waals surface area (Å²) in [6, 6.07) is 0. The van der Waals surface area contributed by atoms with Crippen LogP contribution < -0.4 is 5.32 Å². The van der Waals surface area contributed by atoms with Crippen molar-refractivity contribution in [3.8, 4) is 0 Å². The molecule has 3 nitrogen and oxygen atoms in total. The van der Waals surface area contributed by atoms with E-state index in [1.54, 1.807) is 0 Å². The van der Waals surface area contributed by atoms with Crippen molar-refractivity contribution >= 4 is 11.7 Å². The van der Waals surface area contributed by atoms with Gasteiger partial charge in [-0.15, -0.1) is 0 Å². The monoisotopic (exact) mass is 169 g/mol. The number of hydrogen-bond acceptors (Lipinski definition) is 2. The van der Waals surface area contributed by atoms with Gasteiger partial charge >= 0.3 is 0 Å². The van der Waals surface area contributed by atoms with Crippen LogP contribution in [-0.2, 0) is 9.59 Å². The number of nitrogens with one attached hydrogen (secondary N) is 1. The maximum absolute atomic E-state index is 11.3. The van der Waals surface area contributed by atoms with Crippen molar-refractivity contribution in [2.24, 2.45) is 5.92 Å². The predicted octanol–water partition coefficient (Wildman–Crippen LogP) is 0.882. The van der Waals surface area contributed by atoms with Crippen LogP contribution in [0.1, 0.15) is 32.6 Å². The minimum Gasteiger partial charge on any atom is -0.356 e. The van der Waals surface area contributed by atoms with Gasteiger partial charge in [0.15, 0.2) is 0 Å². The zero-order valence-corrected chi connectivity index (χ0v) is 7.43. The maximum atomic E-state index is 11.3. The lowest BCUT2D eigenvalue weighted by molar-refractivity contribution is -0.128. The quantitative estimate of drug-likeness (QED) is 0.667. The number of hydrogen-bond donors (Lipinski definition) is 1. The fraction of sp³-hybridized carbons (Fsp3) is 0.778. The lowest BCUT2D eigenvalue weighted by Crippen LogP contribution is -2.32. The van der Waals surface area contributed by atoms with Gasteiger partial charge in [0.25, 0.3) is 0 Å². The van der Waals surface area contributed by atoms with Crippen molar-refractivity contribution in [3.63, 3.8) is 0 Å². The second-order valence-corrected chi connectivity index (χ2v) is 3.21. The molecule has 1 rings (SSSR count). The van der Waals surface area contributed by atoms with Crippen LogP contribution in [0.15, 0.2) is 0 Å². The first-order valence-corrected chi connectivity index (χ1v) is 4.53. The third-order valence-electron chi connectivity index (χ3n) is 2.27. The Morgan fingerprint density at radius 3 is 2.58 bits per heavy atom. The molecule has 0 aromatic rings. The molecule has 0 radical (unpaired) electrons. The standard InChI is InChI=1S/C9H15NO2/c1-2-10-9(12)7-3-5-8(11)6-4-7/h7H,2-6H2,1H3,(H,10,12). The Bertz CT molecular complexity index is 179. The van der Waals surface area contributed by atoms with Crippen LogP contribution in [-0.4, -0.2) is 18.2 Å². The van der Waals surface area contributed by atoms with E-state index >= 15 is 0 Å². The largest absolute Gasteiger partial charge is 0.356 e. The summed E-state index contributed by atoms with van der Waals surface area (Å²) in [6.45, 7) is 2.59. The first-order valence-electron chi connectivity index (χ1n) is 4.53. The molecule has 1 saturated carbocycles. The molecule has 0 bridgehead atoms. The van der Waals surface area contributed by atoms with E-state index in [1.165, 1.54) is 0 Å². The Morgan fingerprint density at radius 2 is 2.08 bits per heavy atom. The van der Waals surface area contributed by atoms with Crippen LogP contribution >= 0.6 is 0 Å². The molecular formula is C9H15NO2. The molecule has 0 saturated heterocycles. The Kier molecular flexibility index (Phi) is 3.26. The van der Waals surface area contributed by atoms with Crippen molar-refractivity contribution in [1.29, 1.82) is 0 Å². The predicted molar refractivity (Wildman–Crippen MR) is 45.6 cm³/mol. The molecular weight excluding hydrogens is 154 g/mol. The van der Waals surface area contributed by atoms with Crippen LogP contribution in [0.3, 0.4) is 0 Å². The number of Topliss-reactive ketones (excluding diaryl/α,β-unsaturated/α-hetero) is 1. The molecule has 1 N–H and O–H groups in total. The van der Waals surface area contributed by atoms with Crippen LogP contribution in [0.2, 0.25) is 0 Å². The van der Waals surface area contributed by atoms with Gasteiger partial charge in [-0.3, -0.25) is 9.59 Å². The lowest BCUT2D eigenvalue weighted by Gasteiger charge is -2.19. The third kappa shape index (κ3) is 2.32. The SMILES string of the molecule is CCNC(=O)C1CCC(=O)CC1. The number of ketones is 1. The van der Waals surface area contributed by atoms with E-state index in [0.29, 0.717) is 25.2 Å². The van der Waals surface area contributed by atoms with Crippen LogP contribution in [0.5, 0.6) is 0 Å². The van der Waals surface area contributed by atoms with Crippen LogP contribution in [0.25, 0.3) is 0 Å². The summed E-state index contributed by atoms with van der Waals surface area (Å²) in [5, 5.41) is 2.78. The molecule has 12 heavy (non-hydrogen) atoms. The molecule has 3 heteroatoms. The lowest BCUT2D eigenvalue weighted by atomic mass is 9.88. The van der Waals surface area contributed by atoms with Gasteiger partial charge in [-0.1, -0.05) is 0 Å². The summed E-state index contributed by atoms with van der Waals surface area (Å²) in [7, 11) is 0. The Morgan fingerprint density at radius 1 is 1.50 bits per heavy atom. The highest BCUT2D eigenvalue weighted by Gasteiger charge is 2.23. The highest BCUT2D eigenvalue weighted by molar-refractivity contribution is 5.84. The highest BCUT2D eigenvalue weighted by Crippen LogP contribution is 2.21. The molecule has 0 aromatic heterocycles. The maximum Gasteiger partial charge on any atom is 0.223 e. The summed E-state index contributed by atoms with van der Waals surface area (Å²) >= 11 is 0. The molecule has 1 amide bonds. The fourth-order valence-corrected chi connectivity index (χ4v) is 1.52. The van der Waals surface area contributed by atoms with Crippen molar-refractivity contribution in [3.05, 3.63) is 0 Å². The van der Waals surface area contributed by atoms with Gasteiger partial charge in [0, 0.05) is 25.3 Å². The van der Waals surface area contributed by atoms with Crippen LogP contribution in [0.4, 0.5) is 0 Å². The second-order valence-electron chi connectivity index (χ2n) is 3.21. The van der Waals surface area contributed by atoms with Crippen molar-refractivity contribution in [1.82, 2.24) is 5.32 Å². The Hall–Kier alpha value is -0.860. The topological polar surface area (TPSA) is 46.2 Å². The van der Waals surface area contributed by atoms with E-state index in [0.717, 1.165) is 12.8 Å². The summed E-state index contributed by atoms with van der Waals surface area (Å²) < 4.78 is 0. The van der Waals surface area contributed by atoms with Gasteiger partial charge in [0.1, 0.15) is 5.78 Å². The summed E-state index contributed by atoms with van der Waals surface area (Å²) in [6.07, 6.45) is 2.65. The van der Waals surface area contributed by atoms with E-state index in [9.17, 15) is 9.59 Å². The van der Waals surface area contributed by atoms with E-state index in [-0.39, 0.29) is 11.8 Å². The molecule has 1 aliphatic rings. The zero-order chi connectivity index (χ0) is 8.97.